The van der Waals surface area contributed by atoms with Crippen molar-refractivity contribution >= 4 is 0 Å². The van der Waals surface area contributed by atoms with Crippen LogP contribution in [0.5, 0.6) is 0 Å². The lowest BCUT2D eigenvalue weighted by atomic mass is 9.85. The van der Waals surface area contributed by atoms with Gasteiger partial charge in [-0.25, -0.2) is 0 Å². The summed E-state index contributed by atoms with van der Waals surface area (Å²) in [5, 5.41) is 0. The van der Waals surface area contributed by atoms with Crippen molar-refractivity contribution in [1.29, 1.82) is 0 Å². The van der Waals surface area contributed by atoms with Crippen LogP contribution in [0.4, 0.5) is 0 Å². The Hall–Kier alpha value is -2.34. The Morgan fingerprint density at radius 3 is 1.95 bits per heavy atom. The smallest absolute Gasteiger partial charge is 0.00706 e. The maximum Gasteiger partial charge on any atom is -0.00706 e. The summed E-state index contributed by atoms with van der Waals surface area (Å²) in [6, 6.07) is 26.1. The highest BCUT2D eigenvalue weighted by atomic mass is 14.2. The maximum atomic E-state index is 2.27. The molecule has 0 N–H and O–H groups in total. The molecule has 0 bridgehead atoms. The van der Waals surface area contributed by atoms with E-state index in [1.165, 1.54) is 33.4 Å². The van der Waals surface area contributed by atoms with Crippen molar-refractivity contribution < 1.29 is 0 Å². The molecule has 22 heavy (non-hydrogen) atoms. The van der Waals surface area contributed by atoms with Crippen molar-refractivity contribution in [1.82, 2.24) is 0 Å². The number of rotatable bonds is 3. The average molecular weight is 286 g/mol. The van der Waals surface area contributed by atoms with E-state index in [0.717, 1.165) is 0 Å². The zero-order valence-corrected chi connectivity index (χ0v) is 13.5. The molecule has 0 aromatic heterocycles. The highest BCUT2D eigenvalue weighted by Gasteiger charge is 2.15. The number of hydrogen-bond acceptors (Lipinski definition) is 0. The highest BCUT2D eigenvalue weighted by Crippen LogP contribution is 2.38. The molecule has 0 aliphatic carbocycles. The van der Waals surface area contributed by atoms with Gasteiger partial charge in [0.2, 0.25) is 0 Å². The van der Waals surface area contributed by atoms with Crippen LogP contribution in [0.3, 0.4) is 0 Å². The molecule has 0 heteroatoms. The summed E-state index contributed by atoms with van der Waals surface area (Å²) < 4.78 is 0. The molecule has 0 atom stereocenters. The minimum Gasteiger partial charge on any atom is -0.0622 e. The van der Waals surface area contributed by atoms with Gasteiger partial charge in [0.25, 0.3) is 0 Å². The summed E-state index contributed by atoms with van der Waals surface area (Å²) in [5.74, 6) is 0.499. The summed E-state index contributed by atoms with van der Waals surface area (Å²) in [5.41, 5.74) is 8.05. The summed E-state index contributed by atoms with van der Waals surface area (Å²) in [6.45, 7) is 6.72. The van der Waals surface area contributed by atoms with Gasteiger partial charge in [-0.05, 0) is 46.2 Å². The number of hydrogen-bond donors (Lipinski definition) is 0. The van der Waals surface area contributed by atoms with Crippen molar-refractivity contribution in [2.24, 2.45) is 0 Å². The van der Waals surface area contributed by atoms with Gasteiger partial charge in [0.05, 0.1) is 0 Å². The number of benzene rings is 3. The average Bonchev–Trinajstić information content (AvgIpc) is 2.55. The molecule has 0 spiro atoms. The Bertz CT molecular complexity index is 767. The molecule has 0 nitrogen and oxygen atoms in total. The van der Waals surface area contributed by atoms with Crippen LogP contribution in [0.2, 0.25) is 0 Å². The molecule has 3 aromatic carbocycles. The molecule has 3 aromatic rings. The van der Waals surface area contributed by atoms with Gasteiger partial charge < -0.3 is 0 Å². The van der Waals surface area contributed by atoms with Crippen LogP contribution in [-0.2, 0) is 0 Å². The molecule has 0 radical (unpaired) electrons. The van der Waals surface area contributed by atoms with Crippen molar-refractivity contribution in [3.05, 3.63) is 83.9 Å². The van der Waals surface area contributed by atoms with Crippen LogP contribution in [0, 0.1) is 6.92 Å². The molecular formula is C22H22. The van der Waals surface area contributed by atoms with Gasteiger partial charge in [-0.15, -0.1) is 0 Å². The van der Waals surface area contributed by atoms with Gasteiger partial charge in [0.15, 0.2) is 0 Å². The fourth-order valence-electron chi connectivity index (χ4n) is 3.08. The quantitative estimate of drug-likeness (QED) is 0.519. The minimum absolute atomic E-state index is 0.499. The third-order valence-corrected chi connectivity index (χ3v) is 4.22. The second kappa shape index (κ2) is 6.19. The van der Waals surface area contributed by atoms with Crippen LogP contribution in [0.25, 0.3) is 22.3 Å². The Kier molecular flexibility index (Phi) is 4.11. The van der Waals surface area contributed by atoms with Gasteiger partial charge in [-0.1, -0.05) is 86.6 Å². The monoisotopic (exact) mass is 286 g/mol. The van der Waals surface area contributed by atoms with Crippen LogP contribution in [0.1, 0.15) is 30.9 Å². The molecule has 0 aliphatic heterocycles. The Morgan fingerprint density at radius 2 is 1.27 bits per heavy atom. The zero-order valence-electron chi connectivity index (χ0n) is 13.5. The molecule has 0 saturated carbocycles. The van der Waals surface area contributed by atoms with Crippen molar-refractivity contribution in [2.45, 2.75) is 26.7 Å². The maximum absolute atomic E-state index is 2.27. The first-order chi connectivity index (χ1) is 10.7. The van der Waals surface area contributed by atoms with Crippen molar-refractivity contribution in [3.63, 3.8) is 0 Å². The molecular weight excluding hydrogens is 264 g/mol. The molecule has 3 rings (SSSR count). The van der Waals surface area contributed by atoms with E-state index in [9.17, 15) is 0 Å². The summed E-state index contributed by atoms with van der Waals surface area (Å²) >= 11 is 0. The van der Waals surface area contributed by atoms with E-state index in [2.05, 4.69) is 93.6 Å². The predicted octanol–water partition coefficient (Wildman–Crippen LogP) is 6.45. The van der Waals surface area contributed by atoms with Crippen molar-refractivity contribution in [2.75, 3.05) is 0 Å². The third-order valence-electron chi connectivity index (χ3n) is 4.22. The largest absolute Gasteiger partial charge is 0.0622 e. The first-order valence-corrected chi connectivity index (χ1v) is 7.93. The molecule has 0 heterocycles. The van der Waals surface area contributed by atoms with Gasteiger partial charge in [0.1, 0.15) is 0 Å². The first-order valence-electron chi connectivity index (χ1n) is 7.93. The Labute approximate surface area is 133 Å². The first kappa shape index (κ1) is 14.6. The highest BCUT2D eigenvalue weighted by molar-refractivity contribution is 5.87. The lowest BCUT2D eigenvalue weighted by molar-refractivity contribution is 0.869. The second-order valence-corrected chi connectivity index (χ2v) is 6.11. The molecule has 0 fully saturated rings. The second-order valence-electron chi connectivity index (χ2n) is 6.11. The van der Waals surface area contributed by atoms with E-state index in [1.54, 1.807) is 0 Å². The van der Waals surface area contributed by atoms with Crippen LogP contribution < -0.4 is 0 Å². The molecule has 0 aliphatic rings. The van der Waals surface area contributed by atoms with Crippen molar-refractivity contribution in [3.8, 4) is 22.3 Å². The normalized spacial score (nSPS) is 10.9. The van der Waals surface area contributed by atoms with E-state index in [0.29, 0.717) is 5.92 Å². The Morgan fingerprint density at radius 1 is 0.636 bits per heavy atom. The van der Waals surface area contributed by atoms with Gasteiger partial charge in [-0.2, -0.15) is 0 Å². The SMILES string of the molecule is Cc1ccccc1-c1cccc(C(C)C)c1-c1ccccc1. The lowest BCUT2D eigenvalue weighted by Crippen LogP contribution is -1.96. The van der Waals surface area contributed by atoms with E-state index in [-0.39, 0.29) is 0 Å². The topological polar surface area (TPSA) is 0 Å². The molecule has 0 saturated heterocycles. The summed E-state index contributed by atoms with van der Waals surface area (Å²) in [6.07, 6.45) is 0. The van der Waals surface area contributed by atoms with Gasteiger partial charge >= 0.3 is 0 Å². The molecule has 0 unspecified atom stereocenters. The third kappa shape index (κ3) is 2.69. The van der Waals surface area contributed by atoms with E-state index in [4.69, 9.17) is 0 Å². The zero-order chi connectivity index (χ0) is 15.5. The minimum atomic E-state index is 0.499. The fourth-order valence-corrected chi connectivity index (χ4v) is 3.08. The fraction of sp³-hybridized carbons (Fsp3) is 0.182. The van der Waals surface area contributed by atoms with Gasteiger partial charge in [0, 0.05) is 0 Å². The summed E-state index contributed by atoms with van der Waals surface area (Å²) in [7, 11) is 0. The Balaban J connectivity index is 2.32. The summed E-state index contributed by atoms with van der Waals surface area (Å²) in [4.78, 5) is 0. The predicted molar refractivity (Wildman–Crippen MR) is 96.1 cm³/mol. The standard InChI is InChI=1S/C22H22/c1-16(2)19-14-9-15-21(20-13-8-7-10-17(20)3)22(19)18-11-5-4-6-12-18/h4-16H,1-3H3. The van der Waals surface area contributed by atoms with E-state index >= 15 is 0 Å². The van der Waals surface area contributed by atoms with Gasteiger partial charge in [-0.3, -0.25) is 0 Å². The van der Waals surface area contributed by atoms with Crippen LogP contribution in [-0.4, -0.2) is 0 Å². The molecule has 110 valence electrons. The van der Waals surface area contributed by atoms with Crippen LogP contribution >= 0.6 is 0 Å². The van der Waals surface area contributed by atoms with Crippen LogP contribution in [0.15, 0.2) is 72.8 Å². The molecule has 0 amide bonds. The lowest BCUT2D eigenvalue weighted by Gasteiger charge is -2.19. The van der Waals surface area contributed by atoms with E-state index in [1.807, 2.05) is 0 Å². The number of aryl methyl sites for hydroxylation is 1. The van der Waals surface area contributed by atoms with E-state index < -0.39 is 0 Å².